The Morgan fingerprint density at radius 1 is 1.00 bits per heavy atom. The Hall–Kier alpha value is -2.09. The largest absolute Gasteiger partial charge is 0.486 e. The normalized spacial score (nSPS) is 17.6. The number of sulfone groups is 1. The van der Waals surface area contributed by atoms with Gasteiger partial charge in [0.2, 0.25) is 0 Å². The summed E-state index contributed by atoms with van der Waals surface area (Å²) in [6.07, 6.45) is 1.43. The fourth-order valence-corrected chi connectivity index (χ4v) is 5.27. The summed E-state index contributed by atoms with van der Waals surface area (Å²) in [6.45, 7) is 2.87. The molecule has 2 aromatic carbocycles. The van der Waals surface area contributed by atoms with E-state index in [1.807, 2.05) is 0 Å². The minimum atomic E-state index is -3.35. The van der Waals surface area contributed by atoms with Crippen LogP contribution in [0.2, 0.25) is 5.02 Å². The first kappa shape index (κ1) is 21.2. The third kappa shape index (κ3) is 4.79. The van der Waals surface area contributed by atoms with Crippen molar-refractivity contribution in [3.8, 4) is 11.5 Å². The maximum Gasteiger partial charge on any atom is 0.179 e. The number of ether oxygens (including phenoxy) is 2. The van der Waals surface area contributed by atoms with Crippen molar-refractivity contribution >= 4 is 27.2 Å². The Balaban J connectivity index is 1.30. The molecule has 0 saturated carbocycles. The first-order valence-corrected chi connectivity index (χ1v) is 12.1. The van der Waals surface area contributed by atoms with Crippen molar-refractivity contribution in [2.45, 2.75) is 17.7 Å². The molecule has 0 bridgehead atoms. The van der Waals surface area contributed by atoms with Crippen molar-refractivity contribution in [2.75, 3.05) is 38.6 Å². The molecule has 0 amide bonds. The number of hydrogen-bond acceptors (Lipinski definition) is 6. The van der Waals surface area contributed by atoms with Gasteiger partial charge in [-0.1, -0.05) is 11.6 Å². The zero-order chi connectivity index (χ0) is 21.1. The van der Waals surface area contributed by atoms with E-state index < -0.39 is 9.84 Å². The molecule has 0 aromatic heterocycles. The third-order valence-corrected chi connectivity index (χ3v) is 7.60. The number of carbonyl (C=O) groups is 1. The standard InChI is InChI=1S/C22H24ClNO5S/c23-18-2-4-19(5-3-18)30(26,27)14-11-24-9-7-16(8-10-24)22(25)17-1-6-20-21(15-17)29-13-12-28-20/h1-6,15-16H,7-14H2. The molecule has 0 aliphatic carbocycles. The van der Waals surface area contributed by atoms with E-state index in [-0.39, 0.29) is 22.3 Å². The summed E-state index contributed by atoms with van der Waals surface area (Å²) in [5.74, 6) is 1.40. The first-order chi connectivity index (χ1) is 14.4. The van der Waals surface area contributed by atoms with Gasteiger partial charge in [-0.25, -0.2) is 8.42 Å². The Morgan fingerprint density at radius 3 is 2.37 bits per heavy atom. The van der Waals surface area contributed by atoms with Gasteiger partial charge in [0.15, 0.2) is 27.1 Å². The maximum atomic E-state index is 12.9. The molecule has 4 rings (SSSR count). The van der Waals surface area contributed by atoms with Gasteiger partial charge in [0.25, 0.3) is 0 Å². The van der Waals surface area contributed by atoms with Crippen LogP contribution in [-0.4, -0.2) is 57.7 Å². The van der Waals surface area contributed by atoms with Gasteiger partial charge in [-0.15, -0.1) is 0 Å². The summed E-state index contributed by atoms with van der Waals surface area (Å²) in [6, 6.07) is 11.6. The van der Waals surface area contributed by atoms with Gasteiger partial charge in [0.05, 0.1) is 10.6 Å². The second-order valence-corrected chi connectivity index (χ2v) is 10.2. The average molecular weight is 450 g/mol. The van der Waals surface area contributed by atoms with Crippen LogP contribution in [0.1, 0.15) is 23.2 Å². The number of nitrogens with zero attached hydrogens (tertiary/aromatic N) is 1. The average Bonchev–Trinajstić information content (AvgIpc) is 2.77. The molecule has 2 aliphatic heterocycles. The Bertz CT molecular complexity index is 1010. The van der Waals surface area contributed by atoms with E-state index in [2.05, 4.69) is 4.90 Å². The van der Waals surface area contributed by atoms with Gasteiger partial charge in [0, 0.05) is 23.0 Å². The summed E-state index contributed by atoms with van der Waals surface area (Å²) in [4.78, 5) is 15.3. The predicted molar refractivity (Wildman–Crippen MR) is 114 cm³/mol. The van der Waals surface area contributed by atoms with E-state index in [4.69, 9.17) is 21.1 Å². The van der Waals surface area contributed by atoms with Crippen LogP contribution in [0.15, 0.2) is 47.4 Å². The lowest BCUT2D eigenvalue weighted by atomic mass is 9.89. The van der Waals surface area contributed by atoms with Crippen LogP contribution in [0, 0.1) is 5.92 Å². The highest BCUT2D eigenvalue weighted by Gasteiger charge is 2.27. The topological polar surface area (TPSA) is 72.9 Å². The summed E-state index contributed by atoms with van der Waals surface area (Å²) < 4.78 is 36.1. The summed E-state index contributed by atoms with van der Waals surface area (Å²) in [5, 5.41) is 0.513. The van der Waals surface area contributed by atoms with Crippen molar-refractivity contribution in [1.29, 1.82) is 0 Å². The van der Waals surface area contributed by atoms with Crippen LogP contribution < -0.4 is 9.47 Å². The fraction of sp³-hybridized carbons (Fsp3) is 0.409. The van der Waals surface area contributed by atoms with E-state index in [9.17, 15) is 13.2 Å². The smallest absolute Gasteiger partial charge is 0.179 e. The number of Topliss-reactive ketones (excluding diaryl/α,β-unsaturated/α-hetero) is 1. The summed E-state index contributed by atoms with van der Waals surface area (Å²) in [7, 11) is -3.35. The number of carbonyl (C=O) groups excluding carboxylic acids is 1. The molecule has 2 aliphatic rings. The zero-order valence-corrected chi connectivity index (χ0v) is 18.1. The van der Waals surface area contributed by atoms with Gasteiger partial charge >= 0.3 is 0 Å². The minimum Gasteiger partial charge on any atom is -0.486 e. The van der Waals surface area contributed by atoms with Crippen LogP contribution >= 0.6 is 11.6 Å². The molecule has 30 heavy (non-hydrogen) atoms. The Morgan fingerprint density at radius 2 is 1.67 bits per heavy atom. The first-order valence-electron chi connectivity index (χ1n) is 10.1. The molecule has 2 aromatic rings. The highest BCUT2D eigenvalue weighted by Crippen LogP contribution is 2.32. The number of ketones is 1. The van der Waals surface area contributed by atoms with Gasteiger partial charge in [-0.3, -0.25) is 4.79 Å². The molecule has 0 unspecified atom stereocenters. The monoisotopic (exact) mass is 449 g/mol. The van der Waals surface area contributed by atoms with E-state index in [0.717, 1.165) is 0 Å². The van der Waals surface area contributed by atoms with Crippen LogP contribution in [0.25, 0.3) is 0 Å². The number of rotatable bonds is 6. The van der Waals surface area contributed by atoms with Gasteiger partial charge in [-0.05, 0) is 68.4 Å². The lowest BCUT2D eigenvalue weighted by Crippen LogP contribution is -2.38. The van der Waals surface area contributed by atoms with Crippen molar-refractivity contribution in [1.82, 2.24) is 4.90 Å². The molecule has 0 N–H and O–H groups in total. The molecule has 0 radical (unpaired) electrons. The molecular formula is C22H24ClNO5S. The SMILES string of the molecule is O=C(c1ccc2c(c1)OCCO2)C1CCN(CCS(=O)(=O)c2ccc(Cl)cc2)CC1. The van der Waals surface area contributed by atoms with Crippen LogP contribution in [-0.2, 0) is 9.84 Å². The Kier molecular flexibility index (Phi) is 6.32. The van der Waals surface area contributed by atoms with E-state index in [0.29, 0.717) is 67.8 Å². The van der Waals surface area contributed by atoms with Crippen molar-refractivity contribution in [3.05, 3.63) is 53.1 Å². The lowest BCUT2D eigenvalue weighted by molar-refractivity contribution is 0.0843. The number of halogens is 1. The number of piperidine rings is 1. The number of benzene rings is 2. The molecule has 0 atom stereocenters. The van der Waals surface area contributed by atoms with Gasteiger partial charge in [-0.2, -0.15) is 0 Å². The molecule has 8 heteroatoms. The fourth-order valence-electron chi connectivity index (χ4n) is 3.86. The molecule has 1 fully saturated rings. The minimum absolute atomic E-state index is 0.0510. The van der Waals surface area contributed by atoms with Crippen LogP contribution in [0.4, 0.5) is 0 Å². The van der Waals surface area contributed by atoms with Crippen molar-refractivity contribution in [3.63, 3.8) is 0 Å². The lowest BCUT2D eigenvalue weighted by Gasteiger charge is -2.31. The maximum absolute atomic E-state index is 12.9. The van der Waals surface area contributed by atoms with E-state index >= 15 is 0 Å². The van der Waals surface area contributed by atoms with E-state index in [1.54, 1.807) is 30.3 Å². The molecule has 0 spiro atoms. The Labute approximate surface area is 181 Å². The molecule has 2 heterocycles. The molecular weight excluding hydrogens is 426 g/mol. The second-order valence-electron chi connectivity index (χ2n) is 7.61. The molecule has 160 valence electrons. The number of hydrogen-bond donors (Lipinski definition) is 0. The van der Waals surface area contributed by atoms with Crippen LogP contribution in [0.5, 0.6) is 11.5 Å². The zero-order valence-electron chi connectivity index (χ0n) is 16.6. The van der Waals surface area contributed by atoms with Crippen molar-refractivity contribution < 1.29 is 22.7 Å². The van der Waals surface area contributed by atoms with Crippen LogP contribution in [0.3, 0.4) is 0 Å². The number of fused-ring (bicyclic) bond motifs is 1. The van der Waals surface area contributed by atoms with Gasteiger partial charge < -0.3 is 14.4 Å². The summed E-state index contributed by atoms with van der Waals surface area (Å²) in [5.41, 5.74) is 0.642. The quantitative estimate of drug-likeness (QED) is 0.628. The third-order valence-electron chi connectivity index (χ3n) is 5.63. The highest BCUT2D eigenvalue weighted by molar-refractivity contribution is 7.91. The number of likely N-dealkylation sites (tertiary alicyclic amines) is 1. The molecule has 1 saturated heterocycles. The molecule has 6 nitrogen and oxygen atoms in total. The van der Waals surface area contributed by atoms with E-state index in [1.165, 1.54) is 12.1 Å². The summed E-state index contributed by atoms with van der Waals surface area (Å²) >= 11 is 5.84. The second kappa shape index (κ2) is 8.96. The predicted octanol–water partition coefficient (Wildman–Crippen LogP) is 3.48. The van der Waals surface area contributed by atoms with Gasteiger partial charge in [0.1, 0.15) is 13.2 Å². The van der Waals surface area contributed by atoms with Crippen molar-refractivity contribution in [2.24, 2.45) is 5.92 Å². The highest BCUT2D eigenvalue weighted by atomic mass is 35.5.